The standard InChI is InChI=1S/C16H12FN3O3/c17-9-5-7-10(8-6-9)19-14(21)13-11-3-1-2-4-12(11)20(15(13)22)16(18)23/h1-8,22H,(H2,18,23)(H,19,21). The van der Waals surface area contributed by atoms with E-state index in [1.807, 2.05) is 0 Å². The molecule has 0 aliphatic heterocycles. The monoisotopic (exact) mass is 313 g/mol. The van der Waals surface area contributed by atoms with Crippen LogP contribution in [-0.2, 0) is 0 Å². The van der Waals surface area contributed by atoms with Crippen molar-refractivity contribution < 1.29 is 19.1 Å². The third kappa shape index (κ3) is 2.48. The van der Waals surface area contributed by atoms with Crippen LogP contribution >= 0.6 is 0 Å². The number of fused-ring (bicyclic) bond motifs is 1. The second-order valence-corrected chi connectivity index (χ2v) is 4.85. The highest BCUT2D eigenvalue weighted by atomic mass is 19.1. The number of hydrogen-bond acceptors (Lipinski definition) is 3. The molecule has 6 nitrogen and oxygen atoms in total. The van der Waals surface area contributed by atoms with Gasteiger partial charge >= 0.3 is 6.03 Å². The number of nitrogens with zero attached hydrogens (tertiary/aromatic N) is 1. The van der Waals surface area contributed by atoms with Crippen molar-refractivity contribution in [3.8, 4) is 5.88 Å². The first-order valence-corrected chi connectivity index (χ1v) is 6.68. The number of primary amides is 1. The van der Waals surface area contributed by atoms with Crippen molar-refractivity contribution in [1.29, 1.82) is 0 Å². The third-order valence-electron chi connectivity index (χ3n) is 3.40. The van der Waals surface area contributed by atoms with Crippen molar-refractivity contribution in [2.24, 2.45) is 5.73 Å². The molecular weight excluding hydrogens is 301 g/mol. The zero-order chi connectivity index (χ0) is 16.6. The summed E-state index contributed by atoms with van der Waals surface area (Å²) in [6, 6.07) is 10.7. The topological polar surface area (TPSA) is 97.3 Å². The summed E-state index contributed by atoms with van der Waals surface area (Å²) < 4.78 is 13.8. The van der Waals surface area contributed by atoms with Gasteiger partial charge in [-0.05, 0) is 30.3 Å². The maximum absolute atomic E-state index is 12.9. The molecule has 23 heavy (non-hydrogen) atoms. The molecule has 2 amide bonds. The van der Waals surface area contributed by atoms with Crippen molar-refractivity contribution in [2.75, 3.05) is 5.32 Å². The van der Waals surface area contributed by atoms with Crippen LogP contribution in [0.2, 0.25) is 0 Å². The summed E-state index contributed by atoms with van der Waals surface area (Å²) in [5.41, 5.74) is 5.85. The van der Waals surface area contributed by atoms with Crippen LogP contribution in [0.25, 0.3) is 10.9 Å². The molecule has 0 aliphatic carbocycles. The molecule has 3 aromatic rings. The van der Waals surface area contributed by atoms with Crippen LogP contribution in [0.5, 0.6) is 5.88 Å². The quantitative estimate of drug-likeness (QED) is 0.678. The Morgan fingerprint density at radius 2 is 1.74 bits per heavy atom. The summed E-state index contributed by atoms with van der Waals surface area (Å²) in [7, 11) is 0. The molecule has 2 aromatic carbocycles. The molecule has 0 saturated heterocycles. The highest BCUT2D eigenvalue weighted by molar-refractivity contribution is 6.16. The molecule has 0 fully saturated rings. The van der Waals surface area contributed by atoms with Crippen LogP contribution in [0.1, 0.15) is 10.4 Å². The molecule has 0 radical (unpaired) electrons. The zero-order valence-corrected chi connectivity index (χ0v) is 11.8. The van der Waals surface area contributed by atoms with Crippen molar-refractivity contribution in [3.63, 3.8) is 0 Å². The van der Waals surface area contributed by atoms with Gasteiger partial charge < -0.3 is 16.2 Å². The number of benzene rings is 2. The first-order chi connectivity index (χ1) is 11.0. The SMILES string of the molecule is NC(=O)n1c(O)c(C(=O)Nc2ccc(F)cc2)c2ccccc21. The summed E-state index contributed by atoms with van der Waals surface area (Å²) in [5, 5.41) is 13.1. The zero-order valence-electron chi connectivity index (χ0n) is 11.8. The van der Waals surface area contributed by atoms with Crippen molar-refractivity contribution in [2.45, 2.75) is 0 Å². The van der Waals surface area contributed by atoms with E-state index in [0.717, 1.165) is 4.57 Å². The van der Waals surface area contributed by atoms with Gasteiger partial charge in [0, 0.05) is 11.1 Å². The predicted octanol–water partition coefficient (Wildman–Crippen LogP) is 2.67. The van der Waals surface area contributed by atoms with Gasteiger partial charge in [-0.1, -0.05) is 18.2 Å². The van der Waals surface area contributed by atoms with Crippen molar-refractivity contribution in [3.05, 3.63) is 59.9 Å². The van der Waals surface area contributed by atoms with Crippen LogP contribution < -0.4 is 11.1 Å². The Morgan fingerprint density at radius 3 is 2.39 bits per heavy atom. The summed E-state index contributed by atoms with van der Waals surface area (Å²) >= 11 is 0. The minimum Gasteiger partial charge on any atom is -0.494 e. The molecule has 4 N–H and O–H groups in total. The van der Waals surface area contributed by atoms with Gasteiger partial charge in [0.1, 0.15) is 11.4 Å². The molecule has 0 spiro atoms. The predicted molar refractivity (Wildman–Crippen MR) is 82.9 cm³/mol. The van der Waals surface area contributed by atoms with Crippen molar-refractivity contribution >= 4 is 28.5 Å². The fourth-order valence-corrected chi connectivity index (χ4v) is 2.40. The van der Waals surface area contributed by atoms with Gasteiger partial charge in [0.05, 0.1) is 5.52 Å². The van der Waals surface area contributed by atoms with Gasteiger partial charge in [-0.3, -0.25) is 4.79 Å². The number of carbonyl (C=O) groups is 2. The van der Waals surface area contributed by atoms with E-state index in [1.54, 1.807) is 24.3 Å². The van der Waals surface area contributed by atoms with Crippen LogP contribution in [0.4, 0.5) is 14.9 Å². The minimum atomic E-state index is -0.903. The van der Waals surface area contributed by atoms with Gasteiger partial charge in [-0.25, -0.2) is 13.8 Å². The van der Waals surface area contributed by atoms with Crippen LogP contribution in [0.3, 0.4) is 0 Å². The van der Waals surface area contributed by atoms with Crippen LogP contribution in [-0.4, -0.2) is 21.6 Å². The molecule has 0 atom stereocenters. The molecule has 0 unspecified atom stereocenters. The minimum absolute atomic E-state index is 0.0799. The Kier molecular flexibility index (Phi) is 3.46. The summed E-state index contributed by atoms with van der Waals surface area (Å²) in [5.74, 6) is -1.61. The number of halogens is 1. The van der Waals surface area contributed by atoms with Gasteiger partial charge in [0.25, 0.3) is 5.91 Å². The Morgan fingerprint density at radius 1 is 1.09 bits per heavy atom. The number of aromatic hydroxyl groups is 1. The molecule has 0 bridgehead atoms. The van der Waals surface area contributed by atoms with Gasteiger partial charge in [0.15, 0.2) is 0 Å². The fourth-order valence-electron chi connectivity index (χ4n) is 2.40. The lowest BCUT2D eigenvalue weighted by atomic mass is 10.1. The van der Waals surface area contributed by atoms with Crippen LogP contribution in [0.15, 0.2) is 48.5 Å². The summed E-state index contributed by atoms with van der Waals surface area (Å²) in [6.45, 7) is 0. The third-order valence-corrected chi connectivity index (χ3v) is 3.40. The van der Waals surface area contributed by atoms with Gasteiger partial charge in [-0.15, -0.1) is 0 Å². The second-order valence-electron chi connectivity index (χ2n) is 4.85. The molecule has 7 heteroatoms. The maximum atomic E-state index is 12.9. The van der Waals surface area contributed by atoms with E-state index < -0.39 is 23.6 Å². The number of para-hydroxylation sites is 1. The molecule has 0 aliphatic rings. The molecule has 116 valence electrons. The lowest BCUT2D eigenvalue weighted by Crippen LogP contribution is -2.19. The lowest BCUT2D eigenvalue weighted by Gasteiger charge is -2.05. The molecule has 3 rings (SSSR count). The normalized spacial score (nSPS) is 10.7. The molecule has 1 heterocycles. The summed E-state index contributed by atoms with van der Waals surface area (Å²) in [6.07, 6.45) is 0. The van der Waals surface area contributed by atoms with E-state index in [1.165, 1.54) is 24.3 Å². The van der Waals surface area contributed by atoms with E-state index in [-0.39, 0.29) is 5.56 Å². The molecule has 0 saturated carbocycles. The van der Waals surface area contributed by atoms with E-state index in [2.05, 4.69) is 5.32 Å². The Balaban J connectivity index is 2.08. The number of nitrogens with two attached hydrogens (primary N) is 1. The van der Waals surface area contributed by atoms with E-state index >= 15 is 0 Å². The van der Waals surface area contributed by atoms with E-state index in [4.69, 9.17) is 5.73 Å². The first kappa shape index (κ1) is 14.6. The first-order valence-electron chi connectivity index (χ1n) is 6.68. The highest BCUT2D eigenvalue weighted by Crippen LogP contribution is 2.31. The second kappa shape index (κ2) is 5.45. The number of carbonyl (C=O) groups excluding carboxylic acids is 2. The van der Waals surface area contributed by atoms with E-state index in [9.17, 15) is 19.1 Å². The average molecular weight is 313 g/mol. The number of amides is 2. The Labute approximate surface area is 129 Å². The molecule has 1 aromatic heterocycles. The van der Waals surface area contributed by atoms with Crippen molar-refractivity contribution in [1.82, 2.24) is 4.57 Å². The maximum Gasteiger partial charge on any atom is 0.326 e. The Bertz CT molecular complexity index is 916. The number of rotatable bonds is 2. The largest absolute Gasteiger partial charge is 0.494 e. The lowest BCUT2D eigenvalue weighted by molar-refractivity contribution is 0.102. The van der Waals surface area contributed by atoms with Gasteiger partial charge in [-0.2, -0.15) is 0 Å². The molecular formula is C16H12FN3O3. The highest BCUT2D eigenvalue weighted by Gasteiger charge is 2.24. The Hall–Kier alpha value is -3.35. The van der Waals surface area contributed by atoms with Crippen LogP contribution in [0, 0.1) is 5.82 Å². The number of aromatic nitrogens is 1. The summed E-state index contributed by atoms with van der Waals surface area (Å²) in [4.78, 5) is 24.0. The fraction of sp³-hybridized carbons (Fsp3) is 0. The van der Waals surface area contributed by atoms with E-state index in [0.29, 0.717) is 16.6 Å². The average Bonchev–Trinajstić information content (AvgIpc) is 2.81. The number of anilines is 1. The number of hydrogen-bond donors (Lipinski definition) is 3. The number of nitrogens with one attached hydrogen (secondary N) is 1. The van der Waals surface area contributed by atoms with Gasteiger partial charge in [0.2, 0.25) is 5.88 Å². The smallest absolute Gasteiger partial charge is 0.326 e.